The molecule has 0 aliphatic carbocycles. The Labute approximate surface area is 128 Å². The van der Waals surface area contributed by atoms with E-state index in [0.29, 0.717) is 12.0 Å². The molecule has 0 aromatic heterocycles. The number of hydrogen-bond acceptors (Lipinski definition) is 2. The van der Waals surface area contributed by atoms with Gasteiger partial charge in [-0.05, 0) is 55.5 Å². The largest absolute Gasteiger partial charge is 0.326 e. The summed E-state index contributed by atoms with van der Waals surface area (Å²) in [6.07, 6.45) is 3.60. The lowest BCUT2D eigenvalue weighted by Crippen LogP contribution is -2.41. The van der Waals surface area contributed by atoms with Gasteiger partial charge in [-0.25, -0.2) is 0 Å². The van der Waals surface area contributed by atoms with Crippen molar-refractivity contribution in [3.8, 4) is 0 Å². The van der Waals surface area contributed by atoms with Gasteiger partial charge < -0.3 is 5.73 Å². The highest BCUT2D eigenvalue weighted by Crippen LogP contribution is 2.32. The molecule has 3 heteroatoms. The molecule has 2 atom stereocenters. The van der Waals surface area contributed by atoms with Crippen LogP contribution in [0.15, 0.2) is 18.2 Å². The second-order valence-electron chi connectivity index (χ2n) is 6.49. The van der Waals surface area contributed by atoms with Crippen LogP contribution in [0.5, 0.6) is 0 Å². The maximum Gasteiger partial charge on any atom is 0.0501 e. The molecule has 0 amide bonds. The molecular formula is C17H27ClN2. The average Bonchev–Trinajstić information content (AvgIpc) is 2.52. The molecule has 2 rings (SSSR count). The molecule has 112 valence electrons. The minimum Gasteiger partial charge on any atom is -0.326 e. The van der Waals surface area contributed by atoms with Gasteiger partial charge in [0.05, 0.1) is 6.04 Å². The van der Waals surface area contributed by atoms with Gasteiger partial charge in [0.15, 0.2) is 0 Å². The van der Waals surface area contributed by atoms with Crippen LogP contribution in [0.2, 0.25) is 5.02 Å². The lowest BCUT2D eigenvalue weighted by atomic mass is 9.92. The Morgan fingerprint density at radius 3 is 2.75 bits per heavy atom. The van der Waals surface area contributed by atoms with Crippen LogP contribution < -0.4 is 5.73 Å². The van der Waals surface area contributed by atoms with E-state index in [4.69, 9.17) is 17.3 Å². The third-order valence-electron chi connectivity index (χ3n) is 4.18. The summed E-state index contributed by atoms with van der Waals surface area (Å²) >= 11 is 6.10. The number of nitrogens with zero attached hydrogens (tertiary/aromatic N) is 1. The number of aryl methyl sites for hydroxylation is 1. The summed E-state index contributed by atoms with van der Waals surface area (Å²) < 4.78 is 0. The van der Waals surface area contributed by atoms with E-state index in [-0.39, 0.29) is 6.04 Å². The molecule has 1 saturated heterocycles. The standard InChI is InChI=1S/C17H27ClN2/c1-12(2)11-20-9-5-4-6-16(19)17(20)15-8-7-14(18)10-13(15)3/h7-8,10,12,16-17H,4-6,9,11,19H2,1-3H3. The second-order valence-corrected chi connectivity index (χ2v) is 6.93. The highest BCUT2D eigenvalue weighted by Gasteiger charge is 2.30. The van der Waals surface area contributed by atoms with Crippen molar-refractivity contribution in [1.29, 1.82) is 0 Å². The number of nitrogens with two attached hydrogens (primary N) is 1. The molecule has 0 bridgehead atoms. The summed E-state index contributed by atoms with van der Waals surface area (Å²) in [5.74, 6) is 0.662. The molecular weight excluding hydrogens is 268 g/mol. The molecule has 2 nitrogen and oxygen atoms in total. The normalized spacial score (nSPS) is 24.9. The lowest BCUT2D eigenvalue weighted by Gasteiger charge is -2.35. The van der Waals surface area contributed by atoms with Crippen LogP contribution in [-0.2, 0) is 0 Å². The molecule has 1 fully saturated rings. The Bertz CT molecular complexity index is 445. The van der Waals surface area contributed by atoms with Crippen LogP contribution in [0.3, 0.4) is 0 Å². The molecule has 2 unspecified atom stereocenters. The Morgan fingerprint density at radius 2 is 2.10 bits per heavy atom. The first-order chi connectivity index (χ1) is 9.49. The predicted octanol–water partition coefficient (Wildman–Crippen LogP) is 4.16. The Hall–Kier alpha value is -0.570. The fourth-order valence-corrected chi connectivity index (χ4v) is 3.56. The van der Waals surface area contributed by atoms with Crippen molar-refractivity contribution in [2.24, 2.45) is 11.7 Å². The van der Waals surface area contributed by atoms with Crippen molar-refractivity contribution in [3.63, 3.8) is 0 Å². The van der Waals surface area contributed by atoms with Gasteiger partial charge in [0, 0.05) is 17.6 Å². The average molecular weight is 295 g/mol. The third-order valence-corrected chi connectivity index (χ3v) is 4.42. The number of benzene rings is 1. The van der Waals surface area contributed by atoms with E-state index >= 15 is 0 Å². The first-order valence-corrected chi connectivity index (χ1v) is 8.12. The maximum atomic E-state index is 6.51. The molecule has 1 aromatic rings. The zero-order valence-corrected chi connectivity index (χ0v) is 13.7. The first-order valence-electron chi connectivity index (χ1n) is 7.74. The second kappa shape index (κ2) is 6.93. The Morgan fingerprint density at radius 1 is 1.35 bits per heavy atom. The van der Waals surface area contributed by atoms with Gasteiger partial charge in [0.25, 0.3) is 0 Å². The topological polar surface area (TPSA) is 29.3 Å². The molecule has 1 aliphatic heterocycles. The quantitative estimate of drug-likeness (QED) is 0.907. The van der Waals surface area contributed by atoms with Crippen molar-refractivity contribution >= 4 is 11.6 Å². The molecule has 0 spiro atoms. The number of halogens is 1. The van der Waals surface area contributed by atoms with E-state index < -0.39 is 0 Å². The van der Waals surface area contributed by atoms with Crippen LogP contribution in [0.1, 0.15) is 50.3 Å². The highest BCUT2D eigenvalue weighted by atomic mass is 35.5. The van der Waals surface area contributed by atoms with Crippen molar-refractivity contribution in [2.75, 3.05) is 13.1 Å². The van der Waals surface area contributed by atoms with Gasteiger partial charge in [-0.1, -0.05) is 37.9 Å². The summed E-state index contributed by atoms with van der Waals surface area (Å²) in [4.78, 5) is 2.58. The smallest absolute Gasteiger partial charge is 0.0501 e. The number of rotatable bonds is 3. The monoisotopic (exact) mass is 294 g/mol. The summed E-state index contributed by atoms with van der Waals surface area (Å²) in [7, 11) is 0. The van der Waals surface area contributed by atoms with Crippen molar-refractivity contribution in [3.05, 3.63) is 34.3 Å². The van der Waals surface area contributed by atoms with E-state index in [0.717, 1.165) is 24.5 Å². The fourth-order valence-electron chi connectivity index (χ4n) is 3.33. The maximum absolute atomic E-state index is 6.51. The highest BCUT2D eigenvalue weighted by molar-refractivity contribution is 6.30. The molecule has 20 heavy (non-hydrogen) atoms. The molecule has 0 saturated carbocycles. The minimum atomic E-state index is 0.219. The molecule has 1 aromatic carbocycles. The minimum absolute atomic E-state index is 0.219. The Balaban J connectivity index is 2.34. The van der Waals surface area contributed by atoms with Crippen LogP contribution in [0.25, 0.3) is 0 Å². The van der Waals surface area contributed by atoms with Crippen molar-refractivity contribution < 1.29 is 0 Å². The lowest BCUT2D eigenvalue weighted by molar-refractivity contribution is 0.165. The SMILES string of the molecule is Cc1cc(Cl)ccc1C1C(N)CCCCN1CC(C)C. The number of hydrogen-bond donors (Lipinski definition) is 1. The van der Waals surface area contributed by atoms with Crippen LogP contribution in [0.4, 0.5) is 0 Å². The summed E-state index contributed by atoms with van der Waals surface area (Å²) in [6.45, 7) is 8.97. The van der Waals surface area contributed by atoms with Gasteiger partial charge in [0.1, 0.15) is 0 Å². The first kappa shape index (κ1) is 15.8. The van der Waals surface area contributed by atoms with E-state index in [2.05, 4.69) is 37.8 Å². The van der Waals surface area contributed by atoms with E-state index in [1.807, 2.05) is 6.07 Å². The summed E-state index contributed by atoms with van der Waals surface area (Å²) in [5, 5.41) is 0.809. The van der Waals surface area contributed by atoms with Crippen LogP contribution in [0, 0.1) is 12.8 Å². The Kier molecular flexibility index (Phi) is 5.48. The fraction of sp³-hybridized carbons (Fsp3) is 0.647. The van der Waals surface area contributed by atoms with Gasteiger partial charge >= 0.3 is 0 Å². The van der Waals surface area contributed by atoms with Gasteiger partial charge in [-0.15, -0.1) is 0 Å². The zero-order chi connectivity index (χ0) is 14.7. The molecule has 2 N–H and O–H groups in total. The van der Waals surface area contributed by atoms with E-state index in [1.165, 1.54) is 24.0 Å². The van der Waals surface area contributed by atoms with Gasteiger partial charge in [-0.3, -0.25) is 4.90 Å². The summed E-state index contributed by atoms with van der Waals surface area (Å²) in [5.41, 5.74) is 9.12. The van der Waals surface area contributed by atoms with Crippen LogP contribution in [-0.4, -0.2) is 24.0 Å². The zero-order valence-electron chi connectivity index (χ0n) is 12.9. The van der Waals surface area contributed by atoms with E-state index in [1.54, 1.807) is 0 Å². The number of likely N-dealkylation sites (tertiary alicyclic amines) is 1. The van der Waals surface area contributed by atoms with Gasteiger partial charge in [-0.2, -0.15) is 0 Å². The van der Waals surface area contributed by atoms with Crippen molar-refractivity contribution in [2.45, 2.75) is 52.1 Å². The van der Waals surface area contributed by atoms with Crippen LogP contribution >= 0.6 is 11.6 Å². The molecule has 1 heterocycles. The van der Waals surface area contributed by atoms with Crippen molar-refractivity contribution in [1.82, 2.24) is 4.90 Å². The van der Waals surface area contributed by atoms with E-state index in [9.17, 15) is 0 Å². The summed E-state index contributed by atoms with van der Waals surface area (Å²) in [6, 6.07) is 6.77. The predicted molar refractivity (Wildman–Crippen MR) is 87.2 cm³/mol. The molecule has 1 aliphatic rings. The third kappa shape index (κ3) is 3.75. The van der Waals surface area contributed by atoms with Gasteiger partial charge in [0.2, 0.25) is 0 Å². The molecule has 0 radical (unpaired) electrons.